The molecule has 0 saturated carbocycles. The van der Waals surface area contributed by atoms with E-state index in [1.807, 2.05) is 30.9 Å². The number of aryl methyl sites for hydroxylation is 2. The zero-order valence-electron chi connectivity index (χ0n) is 13.8. The van der Waals surface area contributed by atoms with Crippen LogP contribution in [0.25, 0.3) is 0 Å². The molecule has 0 bridgehead atoms. The smallest absolute Gasteiger partial charge is 0.246 e. The maximum atomic E-state index is 14.5. The fourth-order valence-electron chi connectivity index (χ4n) is 2.80. The average molecular weight is 319 g/mol. The summed E-state index contributed by atoms with van der Waals surface area (Å²) in [6.07, 6.45) is 2.01. The van der Waals surface area contributed by atoms with Crippen LogP contribution >= 0.6 is 0 Å². The van der Waals surface area contributed by atoms with Crippen LogP contribution in [-0.2, 0) is 24.3 Å². The molecule has 0 saturated heterocycles. The lowest BCUT2D eigenvalue weighted by Crippen LogP contribution is -2.30. The highest BCUT2D eigenvalue weighted by molar-refractivity contribution is 5.58. The maximum Gasteiger partial charge on any atom is 0.246 e. The molecular formula is C17H22FN3O2. The van der Waals surface area contributed by atoms with E-state index in [0.29, 0.717) is 36.1 Å². The number of rotatable bonds is 5. The van der Waals surface area contributed by atoms with Gasteiger partial charge in [0.1, 0.15) is 12.4 Å². The van der Waals surface area contributed by atoms with Crippen LogP contribution in [0.5, 0.6) is 0 Å². The Morgan fingerprint density at radius 2 is 2.22 bits per heavy atom. The van der Waals surface area contributed by atoms with Crippen LogP contribution in [0.1, 0.15) is 43.1 Å². The lowest BCUT2D eigenvalue weighted by Gasteiger charge is -2.30. The highest BCUT2D eigenvalue weighted by atomic mass is 19.1. The SMILES string of the molecule is Cc1ccc2c(c1F)N(Cc1nc(COC(C)C)no1)CCC2. The molecule has 23 heavy (non-hydrogen) atoms. The Bertz CT molecular complexity index is 684. The summed E-state index contributed by atoms with van der Waals surface area (Å²) in [5.41, 5.74) is 2.38. The van der Waals surface area contributed by atoms with Gasteiger partial charge in [0.2, 0.25) is 5.89 Å². The van der Waals surface area contributed by atoms with Crippen molar-refractivity contribution in [1.29, 1.82) is 0 Å². The molecule has 0 aliphatic carbocycles. The Balaban J connectivity index is 1.76. The predicted molar refractivity (Wildman–Crippen MR) is 84.7 cm³/mol. The molecule has 0 atom stereocenters. The van der Waals surface area contributed by atoms with E-state index in [0.717, 1.165) is 24.9 Å². The van der Waals surface area contributed by atoms with Crippen LogP contribution in [0.15, 0.2) is 16.7 Å². The minimum atomic E-state index is -0.148. The zero-order valence-corrected chi connectivity index (χ0v) is 13.8. The van der Waals surface area contributed by atoms with Gasteiger partial charge in [0.15, 0.2) is 5.82 Å². The summed E-state index contributed by atoms with van der Waals surface area (Å²) in [4.78, 5) is 6.32. The van der Waals surface area contributed by atoms with Gasteiger partial charge in [-0.25, -0.2) is 4.39 Å². The summed E-state index contributed by atoms with van der Waals surface area (Å²) in [5.74, 6) is 0.863. The summed E-state index contributed by atoms with van der Waals surface area (Å²) in [7, 11) is 0. The second-order valence-corrected chi connectivity index (χ2v) is 6.19. The molecule has 0 spiro atoms. The van der Waals surface area contributed by atoms with E-state index in [9.17, 15) is 4.39 Å². The molecule has 0 radical (unpaired) electrons. The molecule has 124 valence electrons. The van der Waals surface area contributed by atoms with Crippen molar-refractivity contribution >= 4 is 5.69 Å². The first-order valence-electron chi connectivity index (χ1n) is 8.00. The largest absolute Gasteiger partial charge is 0.371 e. The first-order chi connectivity index (χ1) is 11.0. The lowest BCUT2D eigenvalue weighted by atomic mass is 9.99. The van der Waals surface area contributed by atoms with Gasteiger partial charge < -0.3 is 14.2 Å². The molecule has 1 aliphatic heterocycles. The molecule has 0 fully saturated rings. The van der Waals surface area contributed by atoms with E-state index in [4.69, 9.17) is 9.26 Å². The molecule has 1 aliphatic rings. The van der Waals surface area contributed by atoms with Crippen molar-refractivity contribution in [2.75, 3.05) is 11.4 Å². The Kier molecular flexibility index (Phi) is 4.61. The third kappa shape index (κ3) is 3.52. The van der Waals surface area contributed by atoms with Crippen LogP contribution in [0.4, 0.5) is 10.1 Å². The van der Waals surface area contributed by atoms with Crippen molar-refractivity contribution in [2.45, 2.75) is 52.9 Å². The Morgan fingerprint density at radius 1 is 1.39 bits per heavy atom. The number of fused-ring (bicyclic) bond motifs is 1. The van der Waals surface area contributed by atoms with Gasteiger partial charge in [0, 0.05) is 6.54 Å². The molecule has 3 rings (SSSR count). The first kappa shape index (κ1) is 15.9. The van der Waals surface area contributed by atoms with Crippen LogP contribution in [0, 0.1) is 12.7 Å². The van der Waals surface area contributed by atoms with Crippen molar-refractivity contribution in [3.63, 3.8) is 0 Å². The first-order valence-corrected chi connectivity index (χ1v) is 8.00. The van der Waals surface area contributed by atoms with Gasteiger partial charge in [0.25, 0.3) is 0 Å². The van der Waals surface area contributed by atoms with Crippen LogP contribution in [0.3, 0.4) is 0 Å². The van der Waals surface area contributed by atoms with Gasteiger partial charge in [-0.1, -0.05) is 17.3 Å². The number of hydrogen-bond acceptors (Lipinski definition) is 5. The summed E-state index contributed by atoms with van der Waals surface area (Å²) in [5, 5.41) is 3.92. The third-order valence-electron chi connectivity index (χ3n) is 3.97. The van der Waals surface area contributed by atoms with E-state index in [2.05, 4.69) is 10.1 Å². The molecule has 0 N–H and O–H groups in total. The summed E-state index contributed by atoms with van der Waals surface area (Å²) in [6, 6.07) is 3.85. The number of benzene rings is 1. The molecule has 0 amide bonds. The van der Waals surface area contributed by atoms with Crippen molar-refractivity contribution in [1.82, 2.24) is 10.1 Å². The number of hydrogen-bond donors (Lipinski definition) is 0. The molecule has 2 aromatic rings. The Hall–Kier alpha value is -1.95. The van der Waals surface area contributed by atoms with Crippen LogP contribution in [0.2, 0.25) is 0 Å². The fourth-order valence-corrected chi connectivity index (χ4v) is 2.80. The van der Waals surface area contributed by atoms with Gasteiger partial charge in [-0.3, -0.25) is 0 Å². The molecule has 2 heterocycles. The van der Waals surface area contributed by atoms with Crippen LogP contribution in [-0.4, -0.2) is 22.8 Å². The van der Waals surface area contributed by atoms with E-state index < -0.39 is 0 Å². The second-order valence-electron chi connectivity index (χ2n) is 6.19. The van der Waals surface area contributed by atoms with E-state index in [1.54, 1.807) is 6.92 Å². The highest BCUT2D eigenvalue weighted by Gasteiger charge is 2.23. The number of halogens is 1. The highest BCUT2D eigenvalue weighted by Crippen LogP contribution is 2.32. The average Bonchev–Trinajstić information content (AvgIpc) is 2.97. The van der Waals surface area contributed by atoms with E-state index in [1.165, 1.54) is 0 Å². The number of aromatic nitrogens is 2. The monoisotopic (exact) mass is 319 g/mol. The quantitative estimate of drug-likeness (QED) is 0.845. The van der Waals surface area contributed by atoms with E-state index >= 15 is 0 Å². The molecule has 6 heteroatoms. The molecule has 5 nitrogen and oxygen atoms in total. The lowest BCUT2D eigenvalue weighted by molar-refractivity contribution is 0.0601. The van der Waals surface area contributed by atoms with Gasteiger partial charge in [-0.15, -0.1) is 0 Å². The molecule has 0 unspecified atom stereocenters. The summed E-state index contributed by atoms with van der Waals surface area (Å²) in [6.45, 7) is 7.23. The molecular weight excluding hydrogens is 297 g/mol. The standard InChI is InChI=1S/C17H22FN3O2/c1-11(2)22-10-14-19-15(23-20-14)9-21-8-4-5-13-7-6-12(3)16(18)17(13)21/h6-7,11H,4-5,8-10H2,1-3H3. The molecule has 1 aromatic heterocycles. The minimum absolute atomic E-state index is 0.114. The van der Waals surface area contributed by atoms with Crippen molar-refractivity contribution in [3.05, 3.63) is 40.8 Å². The maximum absolute atomic E-state index is 14.5. The number of nitrogens with zero attached hydrogens (tertiary/aromatic N) is 3. The zero-order chi connectivity index (χ0) is 16.4. The Morgan fingerprint density at radius 3 is 3.00 bits per heavy atom. The Labute approximate surface area is 135 Å². The normalized spacial score (nSPS) is 14.4. The van der Waals surface area contributed by atoms with Gasteiger partial charge in [-0.05, 0) is 44.7 Å². The van der Waals surface area contributed by atoms with Crippen molar-refractivity contribution in [2.24, 2.45) is 0 Å². The second kappa shape index (κ2) is 6.66. The fraction of sp³-hybridized carbons (Fsp3) is 0.529. The van der Waals surface area contributed by atoms with Crippen LogP contribution < -0.4 is 4.90 Å². The summed E-state index contributed by atoms with van der Waals surface area (Å²) >= 11 is 0. The van der Waals surface area contributed by atoms with Gasteiger partial charge >= 0.3 is 0 Å². The summed E-state index contributed by atoms with van der Waals surface area (Å²) < 4.78 is 25.3. The minimum Gasteiger partial charge on any atom is -0.371 e. The predicted octanol–water partition coefficient (Wildman–Crippen LogP) is 3.39. The van der Waals surface area contributed by atoms with Gasteiger partial charge in [-0.2, -0.15) is 4.98 Å². The van der Waals surface area contributed by atoms with Crippen molar-refractivity contribution < 1.29 is 13.7 Å². The molecule has 1 aromatic carbocycles. The van der Waals surface area contributed by atoms with Gasteiger partial charge in [0.05, 0.1) is 18.3 Å². The third-order valence-corrected chi connectivity index (χ3v) is 3.97. The number of anilines is 1. The topological polar surface area (TPSA) is 51.4 Å². The number of ether oxygens (including phenoxy) is 1. The van der Waals surface area contributed by atoms with Crippen molar-refractivity contribution in [3.8, 4) is 0 Å². The van der Waals surface area contributed by atoms with E-state index in [-0.39, 0.29) is 11.9 Å².